The smallest absolute Gasteiger partial charge is 0.237 e. The molecule has 1 rings (SSSR count). The predicted octanol–water partition coefficient (Wildman–Crippen LogP) is -1.27. The van der Waals surface area contributed by atoms with Gasteiger partial charge in [-0.1, -0.05) is 11.8 Å². The van der Waals surface area contributed by atoms with Gasteiger partial charge in [0.1, 0.15) is 5.25 Å². The number of hydrogen-bond acceptors (Lipinski definition) is 5. The Morgan fingerprint density at radius 2 is 2.58 bits per heavy atom. The number of thioether (sulfide) groups is 1. The highest BCUT2D eigenvalue weighted by atomic mass is 32.2. The SMILES string of the molecule is N#CCC(N)C1SC(O)NC1=O. The molecule has 5 nitrogen and oxygen atoms in total. The molecule has 0 aliphatic carbocycles. The van der Waals surface area contributed by atoms with Gasteiger partial charge in [0.05, 0.1) is 12.5 Å². The number of rotatable bonds is 2. The third-order valence-electron chi connectivity index (χ3n) is 1.52. The molecule has 3 unspecified atom stereocenters. The molecule has 0 aromatic heterocycles. The number of aliphatic hydroxyl groups excluding tert-OH is 1. The van der Waals surface area contributed by atoms with Crippen molar-refractivity contribution in [1.82, 2.24) is 5.32 Å². The maximum atomic E-state index is 11.0. The van der Waals surface area contributed by atoms with Gasteiger partial charge in [-0.3, -0.25) is 4.79 Å². The summed E-state index contributed by atoms with van der Waals surface area (Å²) in [5.74, 6) is -0.296. The second kappa shape index (κ2) is 3.76. The van der Waals surface area contributed by atoms with Crippen LogP contribution in [-0.4, -0.2) is 27.9 Å². The van der Waals surface area contributed by atoms with E-state index in [-0.39, 0.29) is 12.3 Å². The quantitative estimate of drug-likeness (QED) is 0.501. The maximum absolute atomic E-state index is 11.0. The molecule has 0 aromatic rings. The molecular formula is C6H9N3O2S. The van der Waals surface area contributed by atoms with E-state index in [9.17, 15) is 4.79 Å². The minimum absolute atomic E-state index is 0.123. The zero-order chi connectivity index (χ0) is 9.14. The summed E-state index contributed by atoms with van der Waals surface area (Å²) in [6.07, 6.45) is 0.123. The topological polar surface area (TPSA) is 99.1 Å². The van der Waals surface area contributed by atoms with Crippen LogP contribution in [0.15, 0.2) is 0 Å². The summed E-state index contributed by atoms with van der Waals surface area (Å²) in [6, 6.07) is 1.38. The molecule has 1 aliphatic rings. The maximum Gasteiger partial charge on any atom is 0.237 e. The second-order valence-electron chi connectivity index (χ2n) is 2.44. The third kappa shape index (κ3) is 1.88. The van der Waals surface area contributed by atoms with Crippen LogP contribution >= 0.6 is 11.8 Å². The van der Waals surface area contributed by atoms with Gasteiger partial charge in [-0.25, -0.2) is 0 Å². The number of hydrogen-bond donors (Lipinski definition) is 3. The molecule has 12 heavy (non-hydrogen) atoms. The highest BCUT2D eigenvalue weighted by molar-refractivity contribution is 8.01. The Balaban J connectivity index is 2.53. The number of carbonyl (C=O) groups excluding carboxylic acids is 1. The third-order valence-corrected chi connectivity index (χ3v) is 2.75. The van der Waals surface area contributed by atoms with Gasteiger partial charge >= 0.3 is 0 Å². The lowest BCUT2D eigenvalue weighted by Gasteiger charge is -2.11. The largest absolute Gasteiger partial charge is 0.365 e. The average Bonchev–Trinajstić information content (AvgIpc) is 2.30. The fraction of sp³-hybridized carbons (Fsp3) is 0.667. The Kier molecular flexibility index (Phi) is 2.92. The number of aliphatic hydroxyl groups is 1. The minimum atomic E-state index is -0.882. The van der Waals surface area contributed by atoms with Crippen LogP contribution in [-0.2, 0) is 4.79 Å². The summed E-state index contributed by atoms with van der Waals surface area (Å²) >= 11 is 1.04. The first-order valence-electron chi connectivity index (χ1n) is 3.41. The molecular weight excluding hydrogens is 178 g/mol. The van der Waals surface area contributed by atoms with Gasteiger partial charge in [0.25, 0.3) is 0 Å². The van der Waals surface area contributed by atoms with E-state index in [0.29, 0.717) is 0 Å². The van der Waals surface area contributed by atoms with Gasteiger partial charge in [-0.05, 0) is 0 Å². The van der Waals surface area contributed by atoms with E-state index in [1.54, 1.807) is 0 Å². The molecule has 0 saturated carbocycles. The summed E-state index contributed by atoms with van der Waals surface area (Å²) in [6.45, 7) is 0. The van der Waals surface area contributed by atoms with Gasteiger partial charge in [-0.15, -0.1) is 0 Å². The normalized spacial score (nSPS) is 30.9. The Morgan fingerprint density at radius 3 is 3.00 bits per heavy atom. The predicted molar refractivity (Wildman–Crippen MR) is 43.7 cm³/mol. The second-order valence-corrected chi connectivity index (χ2v) is 3.67. The fourth-order valence-electron chi connectivity index (χ4n) is 0.946. The lowest BCUT2D eigenvalue weighted by molar-refractivity contribution is -0.121. The van der Waals surface area contributed by atoms with Gasteiger partial charge in [0.15, 0.2) is 5.56 Å². The molecule has 0 bridgehead atoms. The number of nitrogens with one attached hydrogen (secondary N) is 1. The Labute approximate surface area is 73.9 Å². The fourth-order valence-corrected chi connectivity index (χ4v) is 1.90. The number of nitrogens with two attached hydrogens (primary N) is 1. The molecule has 0 spiro atoms. The van der Waals surface area contributed by atoms with E-state index in [1.807, 2.05) is 6.07 Å². The van der Waals surface area contributed by atoms with Crippen LogP contribution < -0.4 is 11.1 Å². The van der Waals surface area contributed by atoms with Crippen LogP contribution in [0.5, 0.6) is 0 Å². The highest BCUT2D eigenvalue weighted by Crippen LogP contribution is 2.24. The summed E-state index contributed by atoms with van der Waals surface area (Å²) in [5, 5.41) is 19.1. The van der Waals surface area contributed by atoms with Gasteiger partial charge in [0.2, 0.25) is 5.91 Å². The van der Waals surface area contributed by atoms with E-state index in [4.69, 9.17) is 16.1 Å². The van der Waals surface area contributed by atoms with Crippen LogP contribution in [0.3, 0.4) is 0 Å². The van der Waals surface area contributed by atoms with Crippen LogP contribution in [0.25, 0.3) is 0 Å². The Morgan fingerprint density at radius 1 is 1.92 bits per heavy atom. The van der Waals surface area contributed by atoms with Gasteiger partial charge in [-0.2, -0.15) is 5.26 Å². The molecule has 4 N–H and O–H groups in total. The standard InChI is InChI=1S/C6H9N3O2S/c7-2-1-3(8)4-5(10)9-6(11)12-4/h3-4,6,11H,1,8H2,(H,9,10). The number of carbonyl (C=O) groups is 1. The number of nitriles is 1. The zero-order valence-electron chi connectivity index (χ0n) is 6.23. The molecule has 3 atom stereocenters. The molecule has 1 aliphatic heterocycles. The molecule has 0 radical (unpaired) electrons. The van der Waals surface area contributed by atoms with E-state index in [1.165, 1.54) is 0 Å². The van der Waals surface area contributed by atoms with Crippen molar-refractivity contribution >= 4 is 17.7 Å². The monoisotopic (exact) mass is 187 g/mol. The van der Waals surface area contributed by atoms with E-state index in [0.717, 1.165) is 11.8 Å². The molecule has 66 valence electrons. The Bertz CT molecular complexity index is 227. The number of amides is 1. The number of nitrogens with zero attached hydrogens (tertiary/aromatic N) is 1. The molecule has 1 heterocycles. The van der Waals surface area contributed by atoms with Crippen molar-refractivity contribution in [2.75, 3.05) is 0 Å². The summed E-state index contributed by atoms with van der Waals surface area (Å²) in [7, 11) is 0. The van der Waals surface area contributed by atoms with Gasteiger partial charge in [0, 0.05) is 6.04 Å². The van der Waals surface area contributed by atoms with Crippen LogP contribution in [0.4, 0.5) is 0 Å². The van der Waals surface area contributed by atoms with Crippen molar-refractivity contribution in [3.8, 4) is 6.07 Å². The van der Waals surface area contributed by atoms with Crippen molar-refractivity contribution in [3.63, 3.8) is 0 Å². The lowest BCUT2D eigenvalue weighted by Crippen LogP contribution is -2.38. The van der Waals surface area contributed by atoms with Crippen LogP contribution in [0, 0.1) is 11.3 Å². The Hall–Kier alpha value is -0.770. The minimum Gasteiger partial charge on any atom is -0.365 e. The van der Waals surface area contributed by atoms with Gasteiger partial charge < -0.3 is 16.2 Å². The van der Waals surface area contributed by atoms with Crippen molar-refractivity contribution in [2.24, 2.45) is 5.73 Å². The molecule has 1 saturated heterocycles. The first kappa shape index (κ1) is 9.32. The molecule has 6 heteroatoms. The average molecular weight is 187 g/mol. The molecule has 0 aromatic carbocycles. The highest BCUT2D eigenvalue weighted by Gasteiger charge is 2.35. The molecule has 1 amide bonds. The first-order chi connectivity index (χ1) is 5.65. The zero-order valence-corrected chi connectivity index (χ0v) is 7.04. The van der Waals surface area contributed by atoms with Crippen molar-refractivity contribution in [2.45, 2.75) is 23.3 Å². The van der Waals surface area contributed by atoms with Crippen molar-refractivity contribution < 1.29 is 9.90 Å². The molecule has 1 fully saturated rings. The van der Waals surface area contributed by atoms with Crippen molar-refractivity contribution in [1.29, 1.82) is 5.26 Å². The van der Waals surface area contributed by atoms with Crippen LogP contribution in [0.1, 0.15) is 6.42 Å². The van der Waals surface area contributed by atoms with E-state index < -0.39 is 16.9 Å². The van der Waals surface area contributed by atoms with Crippen molar-refractivity contribution in [3.05, 3.63) is 0 Å². The summed E-state index contributed by atoms with van der Waals surface area (Å²) in [5.41, 5.74) is 4.64. The van der Waals surface area contributed by atoms with E-state index >= 15 is 0 Å². The summed E-state index contributed by atoms with van der Waals surface area (Å²) in [4.78, 5) is 11.0. The first-order valence-corrected chi connectivity index (χ1v) is 4.36. The lowest BCUT2D eigenvalue weighted by atomic mass is 10.1. The summed E-state index contributed by atoms with van der Waals surface area (Å²) < 4.78 is 0. The van der Waals surface area contributed by atoms with E-state index in [2.05, 4.69) is 5.32 Å². The van der Waals surface area contributed by atoms with Crippen LogP contribution in [0.2, 0.25) is 0 Å².